The van der Waals surface area contributed by atoms with E-state index in [2.05, 4.69) is 6.58 Å². The molecule has 0 N–H and O–H groups in total. The Kier molecular flexibility index (Phi) is 5.57. The fourth-order valence-electron chi connectivity index (χ4n) is 0.272. The normalized spacial score (nSPS) is 13.1. The molecule has 0 amide bonds. The first-order chi connectivity index (χ1) is 4.31. The lowest BCUT2D eigenvalue weighted by Gasteiger charge is -2.06. The van der Waals surface area contributed by atoms with Crippen molar-refractivity contribution >= 4 is 0 Å². The molecule has 0 heterocycles. The van der Waals surface area contributed by atoms with Crippen LogP contribution in [0.3, 0.4) is 0 Å². The van der Waals surface area contributed by atoms with Gasteiger partial charge in [-0.3, -0.25) is 0 Å². The van der Waals surface area contributed by atoms with Gasteiger partial charge >= 0.3 is 0 Å². The van der Waals surface area contributed by atoms with E-state index in [-0.39, 0.29) is 6.10 Å². The summed E-state index contributed by atoms with van der Waals surface area (Å²) in [6.45, 7) is 7.95. The lowest BCUT2D eigenvalue weighted by Crippen LogP contribution is -2.06. The van der Waals surface area contributed by atoms with Crippen LogP contribution in [0.4, 0.5) is 0 Å². The Bertz CT molecular complexity index is 71.3. The first kappa shape index (κ1) is 8.66. The molecular weight excluding hydrogens is 116 g/mol. The fraction of sp³-hybridized carbons (Fsp3) is 0.714. The molecule has 0 aliphatic heterocycles. The Balaban J connectivity index is 2.96. The molecule has 0 saturated heterocycles. The first-order valence-electron chi connectivity index (χ1n) is 3.20. The molecule has 0 aromatic carbocycles. The van der Waals surface area contributed by atoms with Gasteiger partial charge in [0, 0.05) is 0 Å². The van der Waals surface area contributed by atoms with Crippen molar-refractivity contribution < 1.29 is 9.78 Å². The number of rotatable bonds is 5. The Hall–Kier alpha value is -0.340. The molecule has 0 spiro atoms. The summed E-state index contributed by atoms with van der Waals surface area (Å²) in [6.07, 6.45) is 2.81. The standard InChI is InChI=1S/C7H14O2/c1-4-6-8-9-7(3)5-2/h4,7H,1,5-6H2,2-3H3. The molecule has 0 bridgehead atoms. The Morgan fingerprint density at radius 1 is 1.67 bits per heavy atom. The highest BCUT2D eigenvalue weighted by molar-refractivity contribution is 4.62. The van der Waals surface area contributed by atoms with Crippen molar-refractivity contribution in [3.63, 3.8) is 0 Å². The minimum Gasteiger partial charge on any atom is -0.233 e. The van der Waals surface area contributed by atoms with Gasteiger partial charge in [-0.1, -0.05) is 13.0 Å². The van der Waals surface area contributed by atoms with E-state index in [0.717, 1.165) is 6.42 Å². The van der Waals surface area contributed by atoms with E-state index in [1.54, 1.807) is 6.08 Å². The molecule has 54 valence electrons. The second kappa shape index (κ2) is 5.79. The van der Waals surface area contributed by atoms with E-state index in [1.165, 1.54) is 0 Å². The zero-order valence-corrected chi connectivity index (χ0v) is 6.09. The fourth-order valence-corrected chi connectivity index (χ4v) is 0.272. The SMILES string of the molecule is C=CCOOC(C)CC. The average Bonchev–Trinajstić information content (AvgIpc) is 1.89. The average molecular weight is 130 g/mol. The third kappa shape index (κ3) is 5.53. The van der Waals surface area contributed by atoms with Gasteiger partial charge in [-0.05, 0) is 13.3 Å². The van der Waals surface area contributed by atoms with Crippen molar-refractivity contribution in [2.75, 3.05) is 6.61 Å². The molecular formula is C7H14O2. The third-order valence-corrected chi connectivity index (χ3v) is 0.993. The molecule has 0 aromatic rings. The van der Waals surface area contributed by atoms with E-state index in [4.69, 9.17) is 9.78 Å². The summed E-state index contributed by atoms with van der Waals surface area (Å²) in [5, 5.41) is 0. The van der Waals surface area contributed by atoms with E-state index in [0.29, 0.717) is 6.61 Å². The van der Waals surface area contributed by atoms with Crippen molar-refractivity contribution in [1.29, 1.82) is 0 Å². The van der Waals surface area contributed by atoms with Crippen LogP contribution < -0.4 is 0 Å². The van der Waals surface area contributed by atoms with Gasteiger partial charge in [-0.2, -0.15) is 0 Å². The summed E-state index contributed by atoms with van der Waals surface area (Å²) < 4.78 is 0. The summed E-state index contributed by atoms with van der Waals surface area (Å²) in [7, 11) is 0. The highest BCUT2D eigenvalue weighted by Crippen LogP contribution is 1.95. The molecule has 2 nitrogen and oxygen atoms in total. The van der Waals surface area contributed by atoms with Crippen molar-refractivity contribution in [3.8, 4) is 0 Å². The van der Waals surface area contributed by atoms with Crippen molar-refractivity contribution in [2.24, 2.45) is 0 Å². The Morgan fingerprint density at radius 2 is 2.33 bits per heavy atom. The highest BCUT2D eigenvalue weighted by atomic mass is 17.2. The monoisotopic (exact) mass is 130 g/mol. The summed E-state index contributed by atoms with van der Waals surface area (Å²) >= 11 is 0. The Labute approximate surface area is 56.4 Å². The topological polar surface area (TPSA) is 18.5 Å². The second-order valence-corrected chi connectivity index (χ2v) is 1.89. The van der Waals surface area contributed by atoms with E-state index < -0.39 is 0 Å². The molecule has 0 aliphatic carbocycles. The van der Waals surface area contributed by atoms with Gasteiger partial charge < -0.3 is 0 Å². The van der Waals surface area contributed by atoms with Crippen LogP contribution in [0, 0.1) is 0 Å². The van der Waals surface area contributed by atoms with Crippen LogP contribution in [0.25, 0.3) is 0 Å². The van der Waals surface area contributed by atoms with Crippen LogP contribution >= 0.6 is 0 Å². The lowest BCUT2D eigenvalue weighted by atomic mass is 10.3. The smallest absolute Gasteiger partial charge is 0.100 e. The third-order valence-electron chi connectivity index (χ3n) is 0.993. The largest absolute Gasteiger partial charge is 0.233 e. The minimum absolute atomic E-state index is 0.185. The van der Waals surface area contributed by atoms with Crippen molar-refractivity contribution in [1.82, 2.24) is 0 Å². The van der Waals surface area contributed by atoms with Crippen molar-refractivity contribution in [2.45, 2.75) is 26.4 Å². The number of hydrogen-bond donors (Lipinski definition) is 0. The predicted octanol–water partition coefficient (Wildman–Crippen LogP) is 1.92. The molecule has 2 heteroatoms. The maximum Gasteiger partial charge on any atom is 0.100 e. The quantitative estimate of drug-likeness (QED) is 0.245. The summed E-state index contributed by atoms with van der Waals surface area (Å²) in [6, 6.07) is 0. The zero-order valence-electron chi connectivity index (χ0n) is 6.09. The van der Waals surface area contributed by atoms with Crippen LogP contribution in [0.15, 0.2) is 12.7 Å². The molecule has 1 atom stereocenters. The molecule has 0 saturated carbocycles. The van der Waals surface area contributed by atoms with Crippen molar-refractivity contribution in [3.05, 3.63) is 12.7 Å². The molecule has 1 unspecified atom stereocenters. The number of hydrogen-bond acceptors (Lipinski definition) is 2. The van der Waals surface area contributed by atoms with Crippen LogP contribution in [0.1, 0.15) is 20.3 Å². The summed E-state index contributed by atoms with van der Waals surface area (Å²) in [5.41, 5.74) is 0. The molecule has 0 radical (unpaired) electrons. The maximum atomic E-state index is 4.86. The van der Waals surface area contributed by atoms with Crippen LogP contribution in [-0.2, 0) is 9.78 Å². The first-order valence-corrected chi connectivity index (χ1v) is 3.20. The van der Waals surface area contributed by atoms with Gasteiger partial charge in [-0.15, -0.1) is 6.58 Å². The van der Waals surface area contributed by atoms with Gasteiger partial charge in [0.15, 0.2) is 0 Å². The molecule has 9 heavy (non-hydrogen) atoms. The van der Waals surface area contributed by atoms with Crippen LogP contribution in [0.5, 0.6) is 0 Å². The summed E-state index contributed by atoms with van der Waals surface area (Å²) in [5.74, 6) is 0. The summed E-state index contributed by atoms with van der Waals surface area (Å²) in [4.78, 5) is 9.58. The van der Waals surface area contributed by atoms with Gasteiger partial charge in [0.05, 0.1) is 6.10 Å². The van der Waals surface area contributed by atoms with E-state index >= 15 is 0 Å². The van der Waals surface area contributed by atoms with Crippen LogP contribution in [-0.4, -0.2) is 12.7 Å². The van der Waals surface area contributed by atoms with Crippen LogP contribution in [0.2, 0.25) is 0 Å². The zero-order chi connectivity index (χ0) is 7.11. The van der Waals surface area contributed by atoms with Gasteiger partial charge in [0.25, 0.3) is 0 Å². The predicted molar refractivity (Wildman–Crippen MR) is 37.0 cm³/mol. The van der Waals surface area contributed by atoms with E-state index in [1.807, 2.05) is 13.8 Å². The molecule has 0 aromatic heterocycles. The van der Waals surface area contributed by atoms with E-state index in [9.17, 15) is 0 Å². The molecule has 0 aliphatic rings. The minimum atomic E-state index is 0.185. The highest BCUT2D eigenvalue weighted by Gasteiger charge is 1.95. The van der Waals surface area contributed by atoms with Gasteiger partial charge in [-0.25, -0.2) is 9.78 Å². The maximum absolute atomic E-state index is 4.86. The van der Waals surface area contributed by atoms with Gasteiger partial charge in [0.1, 0.15) is 6.61 Å². The van der Waals surface area contributed by atoms with Gasteiger partial charge in [0.2, 0.25) is 0 Å². The Morgan fingerprint density at radius 3 is 2.78 bits per heavy atom. The second-order valence-electron chi connectivity index (χ2n) is 1.89. The molecule has 0 fully saturated rings. The molecule has 0 rings (SSSR count). The lowest BCUT2D eigenvalue weighted by molar-refractivity contribution is -0.313.